The van der Waals surface area contributed by atoms with Gasteiger partial charge in [-0.1, -0.05) is 0 Å². The smallest absolute Gasteiger partial charge is 0.0259 e. The molecule has 1 rings (SSSR count). The van der Waals surface area contributed by atoms with Crippen molar-refractivity contribution in [1.29, 1.82) is 0 Å². The summed E-state index contributed by atoms with van der Waals surface area (Å²) in [6.45, 7) is 4.22. The van der Waals surface area contributed by atoms with Gasteiger partial charge in [-0.2, -0.15) is 11.3 Å². The van der Waals surface area contributed by atoms with Crippen LogP contribution >= 0.6 is 11.3 Å². The highest BCUT2D eigenvalue weighted by molar-refractivity contribution is 7.07. The van der Waals surface area contributed by atoms with E-state index < -0.39 is 0 Å². The van der Waals surface area contributed by atoms with E-state index in [0.29, 0.717) is 0 Å². The molecule has 0 amide bonds. The van der Waals surface area contributed by atoms with Crippen molar-refractivity contribution in [2.45, 2.75) is 26.7 Å². The van der Waals surface area contributed by atoms with E-state index in [1.165, 1.54) is 5.56 Å². The van der Waals surface area contributed by atoms with Crippen LogP contribution < -0.4 is 0 Å². The fraction of sp³-hybridized carbons (Fsp3) is 0.455. The Labute approximate surface area is 78.6 Å². The van der Waals surface area contributed by atoms with Gasteiger partial charge in [-0.25, -0.2) is 0 Å². The Morgan fingerprint density at radius 1 is 1.58 bits per heavy atom. The second-order valence-corrected chi connectivity index (χ2v) is 4.44. The molecule has 0 atom stereocenters. The van der Waals surface area contributed by atoms with Crippen LogP contribution in [0.4, 0.5) is 0 Å². The lowest BCUT2D eigenvalue weighted by molar-refractivity contribution is 0.459. The van der Waals surface area contributed by atoms with Gasteiger partial charge in [0.2, 0.25) is 0 Å². The first-order valence-corrected chi connectivity index (χ1v) is 5.07. The maximum absolute atomic E-state index is 5.40. The number of hydrogen-bond acceptors (Lipinski definition) is 1. The zero-order valence-corrected chi connectivity index (χ0v) is 8.45. The Morgan fingerprint density at radius 3 is 2.83 bits per heavy atom. The molecule has 0 fully saturated rings. The van der Waals surface area contributed by atoms with E-state index in [1.807, 2.05) is 0 Å². The Bertz CT molecular complexity index is 262. The van der Waals surface area contributed by atoms with Gasteiger partial charge in [-0.15, -0.1) is 12.3 Å². The Hall–Kier alpha value is -0.740. The summed E-state index contributed by atoms with van der Waals surface area (Å²) in [5.41, 5.74) is 1.45. The number of thiophene rings is 1. The van der Waals surface area contributed by atoms with Crippen LogP contribution in [0.25, 0.3) is 0 Å². The van der Waals surface area contributed by atoms with E-state index in [4.69, 9.17) is 6.42 Å². The van der Waals surface area contributed by atoms with Gasteiger partial charge in [-0.3, -0.25) is 0 Å². The summed E-state index contributed by atoms with van der Waals surface area (Å²) >= 11 is 1.75. The lowest BCUT2D eigenvalue weighted by Crippen LogP contribution is -2.08. The second-order valence-electron chi connectivity index (χ2n) is 3.66. The third kappa shape index (κ3) is 2.71. The Balaban J connectivity index is 2.42. The average molecular weight is 178 g/mol. The molecule has 12 heavy (non-hydrogen) atoms. The first-order chi connectivity index (χ1) is 5.64. The maximum atomic E-state index is 5.40. The molecule has 0 radical (unpaired) electrons. The lowest BCUT2D eigenvalue weighted by atomic mass is 9.88. The van der Waals surface area contributed by atoms with E-state index in [2.05, 4.69) is 36.6 Å². The van der Waals surface area contributed by atoms with Crippen molar-refractivity contribution in [2.24, 2.45) is 5.41 Å². The van der Waals surface area contributed by atoms with Crippen LogP contribution in [0.15, 0.2) is 16.8 Å². The van der Waals surface area contributed by atoms with Crippen molar-refractivity contribution in [3.05, 3.63) is 22.4 Å². The topological polar surface area (TPSA) is 0 Å². The zero-order chi connectivity index (χ0) is 9.03. The van der Waals surface area contributed by atoms with Crippen LogP contribution in [0.1, 0.15) is 25.8 Å². The van der Waals surface area contributed by atoms with E-state index in [0.717, 1.165) is 12.8 Å². The third-order valence-corrected chi connectivity index (χ3v) is 2.74. The van der Waals surface area contributed by atoms with Gasteiger partial charge in [0.05, 0.1) is 0 Å². The van der Waals surface area contributed by atoms with Crippen LogP contribution in [0.3, 0.4) is 0 Å². The monoisotopic (exact) mass is 178 g/mol. The predicted octanol–water partition coefficient (Wildman–Crippen LogP) is 3.34. The molecule has 0 N–H and O–H groups in total. The average Bonchev–Trinajstić information content (AvgIpc) is 2.53. The van der Waals surface area contributed by atoms with Crippen molar-refractivity contribution in [3.8, 4) is 12.3 Å². The molecule has 0 nitrogen and oxygen atoms in total. The van der Waals surface area contributed by atoms with E-state index in [9.17, 15) is 0 Å². The molecular weight excluding hydrogens is 164 g/mol. The Morgan fingerprint density at radius 2 is 2.33 bits per heavy atom. The molecule has 0 unspecified atom stereocenters. The standard InChI is InChI=1S/C11H14S/c1-4-11(2,3)7-5-10-6-8-12-9-10/h1,6,8-9H,5,7H2,2-3H3. The van der Waals surface area contributed by atoms with Crippen molar-refractivity contribution in [3.63, 3.8) is 0 Å². The normalized spacial score (nSPS) is 11.1. The van der Waals surface area contributed by atoms with Gasteiger partial charge in [0.1, 0.15) is 0 Å². The summed E-state index contributed by atoms with van der Waals surface area (Å²) in [5, 5.41) is 4.30. The summed E-state index contributed by atoms with van der Waals surface area (Å²) in [7, 11) is 0. The molecule has 64 valence electrons. The molecule has 1 heterocycles. The summed E-state index contributed by atoms with van der Waals surface area (Å²) < 4.78 is 0. The molecule has 0 aliphatic rings. The largest absolute Gasteiger partial charge is 0.152 e. The third-order valence-electron chi connectivity index (χ3n) is 2.01. The van der Waals surface area contributed by atoms with E-state index >= 15 is 0 Å². The van der Waals surface area contributed by atoms with Crippen LogP contribution in [0.2, 0.25) is 0 Å². The number of aryl methyl sites for hydroxylation is 1. The van der Waals surface area contributed by atoms with Gasteiger partial charge in [0.15, 0.2) is 0 Å². The number of hydrogen-bond donors (Lipinski definition) is 0. The SMILES string of the molecule is C#CC(C)(C)CCc1ccsc1. The number of terminal acetylenes is 1. The zero-order valence-electron chi connectivity index (χ0n) is 7.63. The lowest BCUT2D eigenvalue weighted by Gasteiger charge is -2.15. The van der Waals surface area contributed by atoms with Crippen LogP contribution in [0, 0.1) is 17.8 Å². The van der Waals surface area contributed by atoms with E-state index in [-0.39, 0.29) is 5.41 Å². The molecule has 1 heteroatoms. The summed E-state index contributed by atoms with van der Waals surface area (Å²) in [6.07, 6.45) is 7.57. The molecule has 0 aliphatic carbocycles. The molecule has 0 spiro atoms. The highest BCUT2D eigenvalue weighted by atomic mass is 32.1. The minimum Gasteiger partial charge on any atom is -0.152 e. The fourth-order valence-electron chi connectivity index (χ4n) is 0.964. The summed E-state index contributed by atoms with van der Waals surface area (Å²) in [5.74, 6) is 2.81. The minimum atomic E-state index is 0.0436. The molecule has 1 aromatic heterocycles. The van der Waals surface area contributed by atoms with Crippen molar-refractivity contribution < 1.29 is 0 Å². The molecule has 1 aromatic rings. The summed E-state index contributed by atoms with van der Waals surface area (Å²) in [6, 6.07) is 2.16. The van der Waals surface area contributed by atoms with Crippen LogP contribution in [-0.2, 0) is 6.42 Å². The molecule has 0 saturated carbocycles. The highest BCUT2D eigenvalue weighted by Crippen LogP contribution is 2.22. The van der Waals surface area contributed by atoms with Gasteiger partial charge < -0.3 is 0 Å². The first kappa shape index (κ1) is 9.35. The number of rotatable bonds is 3. The van der Waals surface area contributed by atoms with Crippen molar-refractivity contribution in [2.75, 3.05) is 0 Å². The molecule has 0 aromatic carbocycles. The van der Waals surface area contributed by atoms with Crippen LogP contribution in [-0.4, -0.2) is 0 Å². The molecular formula is C11H14S. The molecule has 0 bridgehead atoms. The van der Waals surface area contributed by atoms with Crippen molar-refractivity contribution >= 4 is 11.3 Å². The Kier molecular flexibility index (Phi) is 2.94. The van der Waals surface area contributed by atoms with Gasteiger partial charge in [0.25, 0.3) is 0 Å². The van der Waals surface area contributed by atoms with E-state index in [1.54, 1.807) is 11.3 Å². The minimum absolute atomic E-state index is 0.0436. The summed E-state index contributed by atoms with van der Waals surface area (Å²) in [4.78, 5) is 0. The molecule has 0 saturated heterocycles. The highest BCUT2D eigenvalue weighted by Gasteiger charge is 2.13. The fourth-order valence-corrected chi connectivity index (χ4v) is 1.67. The van der Waals surface area contributed by atoms with Gasteiger partial charge in [-0.05, 0) is 49.1 Å². The predicted molar refractivity (Wildman–Crippen MR) is 55.3 cm³/mol. The maximum Gasteiger partial charge on any atom is 0.0259 e. The van der Waals surface area contributed by atoms with Gasteiger partial charge in [0, 0.05) is 5.41 Å². The van der Waals surface area contributed by atoms with Crippen molar-refractivity contribution in [1.82, 2.24) is 0 Å². The first-order valence-electron chi connectivity index (χ1n) is 4.13. The quantitative estimate of drug-likeness (QED) is 0.623. The van der Waals surface area contributed by atoms with Crippen LogP contribution in [0.5, 0.6) is 0 Å². The molecule has 0 aliphatic heterocycles. The second kappa shape index (κ2) is 3.78. The van der Waals surface area contributed by atoms with Gasteiger partial charge >= 0.3 is 0 Å².